The van der Waals surface area contributed by atoms with E-state index in [1.54, 1.807) is 12.1 Å². The second-order valence-electron chi connectivity index (χ2n) is 1.91. The van der Waals surface area contributed by atoms with Gasteiger partial charge in [0, 0.05) is 11.0 Å². The summed E-state index contributed by atoms with van der Waals surface area (Å²) in [6.45, 7) is 0. The van der Waals surface area contributed by atoms with Crippen LogP contribution in [0.15, 0.2) is 18.3 Å². The van der Waals surface area contributed by atoms with Crippen molar-refractivity contribution in [3.05, 3.63) is 38.2 Å². The summed E-state index contributed by atoms with van der Waals surface area (Å²) in [6, 6.07) is 5.25. The summed E-state index contributed by atoms with van der Waals surface area (Å²) < 4.78 is 0. The van der Waals surface area contributed by atoms with Gasteiger partial charge in [0.1, 0.15) is 10.9 Å². The molecule has 60 valence electrons. The summed E-state index contributed by atoms with van der Waals surface area (Å²) in [5.41, 5.74) is 0. The highest BCUT2D eigenvalue weighted by Crippen LogP contribution is 2.16. The molecule has 1 aromatic rings. The van der Waals surface area contributed by atoms with E-state index in [0.717, 1.165) is 6.20 Å². The molecule has 1 rings (SSSR count). The Bertz CT molecular complexity index is 362. The third-order valence-corrected chi connectivity index (χ3v) is 2.05. The van der Waals surface area contributed by atoms with Crippen LogP contribution in [0.2, 0.25) is 0 Å². The van der Waals surface area contributed by atoms with Gasteiger partial charge in [0.25, 0.3) is 0 Å². The monoisotopic (exact) mass is 180 g/mol. The van der Waals surface area contributed by atoms with Crippen molar-refractivity contribution in [3.8, 4) is 6.07 Å². The molecule has 0 saturated carbocycles. The van der Waals surface area contributed by atoms with E-state index < -0.39 is 4.92 Å². The Kier molecular flexibility index (Phi) is 2.56. The third kappa shape index (κ3) is 2.18. The van der Waals surface area contributed by atoms with Gasteiger partial charge in [-0.25, -0.2) is 0 Å². The van der Waals surface area contributed by atoms with Crippen LogP contribution in [0.4, 0.5) is 0 Å². The van der Waals surface area contributed by atoms with Gasteiger partial charge in [-0.2, -0.15) is 5.26 Å². The predicted molar refractivity (Wildman–Crippen MR) is 45.1 cm³/mol. The first kappa shape index (κ1) is 8.43. The predicted octanol–water partition coefficient (Wildman–Crippen LogP) is 1.87. The van der Waals surface area contributed by atoms with Gasteiger partial charge in [-0.1, -0.05) is 0 Å². The molecule has 1 heterocycles. The Labute approximate surface area is 72.5 Å². The van der Waals surface area contributed by atoms with E-state index in [9.17, 15) is 10.1 Å². The maximum atomic E-state index is 9.91. The minimum absolute atomic E-state index is 0.536. The van der Waals surface area contributed by atoms with E-state index in [2.05, 4.69) is 0 Å². The van der Waals surface area contributed by atoms with Crippen LogP contribution in [-0.2, 0) is 0 Å². The van der Waals surface area contributed by atoms with Gasteiger partial charge in [0.05, 0.1) is 4.92 Å². The molecule has 0 unspecified atom stereocenters. The minimum Gasteiger partial charge on any atom is -0.259 e. The summed E-state index contributed by atoms with van der Waals surface area (Å²) in [6.07, 6.45) is 2.22. The first-order valence-electron chi connectivity index (χ1n) is 3.04. The van der Waals surface area contributed by atoms with Crippen molar-refractivity contribution >= 4 is 17.4 Å². The van der Waals surface area contributed by atoms with E-state index in [-0.39, 0.29) is 0 Å². The van der Waals surface area contributed by atoms with Crippen LogP contribution in [0.1, 0.15) is 9.75 Å². The molecule has 0 bridgehead atoms. The van der Waals surface area contributed by atoms with E-state index in [1.807, 2.05) is 6.07 Å². The molecule has 12 heavy (non-hydrogen) atoms. The molecule has 0 aliphatic carbocycles. The Morgan fingerprint density at radius 1 is 1.67 bits per heavy atom. The van der Waals surface area contributed by atoms with Crippen LogP contribution < -0.4 is 0 Å². The number of nitriles is 1. The fourth-order valence-electron chi connectivity index (χ4n) is 0.637. The maximum Gasteiger partial charge on any atom is 0.235 e. The zero-order chi connectivity index (χ0) is 8.97. The Morgan fingerprint density at radius 2 is 2.42 bits per heavy atom. The fraction of sp³-hybridized carbons (Fsp3) is 0. The van der Waals surface area contributed by atoms with Crippen molar-refractivity contribution in [2.75, 3.05) is 0 Å². The Hall–Kier alpha value is -1.67. The topological polar surface area (TPSA) is 66.9 Å². The van der Waals surface area contributed by atoms with E-state index in [4.69, 9.17) is 5.26 Å². The molecule has 0 atom stereocenters. The van der Waals surface area contributed by atoms with Gasteiger partial charge in [-0.3, -0.25) is 10.1 Å². The van der Waals surface area contributed by atoms with Crippen molar-refractivity contribution in [1.82, 2.24) is 0 Å². The molecule has 4 nitrogen and oxygen atoms in total. The fourth-order valence-corrected chi connectivity index (χ4v) is 1.34. The summed E-state index contributed by atoms with van der Waals surface area (Å²) in [4.78, 5) is 10.6. The summed E-state index contributed by atoms with van der Waals surface area (Å²) in [5, 5.41) is 18.3. The molecular weight excluding hydrogens is 176 g/mol. The summed E-state index contributed by atoms with van der Waals surface area (Å²) in [7, 11) is 0. The molecule has 0 spiro atoms. The van der Waals surface area contributed by atoms with Crippen molar-refractivity contribution in [2.45, 2.75) is 0 Å². The molecule has 0 saturated heterocycles. The van der Waals surface area contributed by atoms with Gasteiger partial charge < -0.3 is 0 Å². The summed E-state index contributed by atoms with van der Waals surface area (Å²) in [5.74, 6) is 0. The van der Waals surface area contributed by atoms with Crippen molar-refractivity contribution in [2.24, 2.45) is 0 Å². The van der Waals surface area contributed by atoms with Gasteiger partial charge in [-0.05, 0) is 12.1 Å². The number of hydrogen-bond acceptors (Lipinski definition) is 4. The van der Waals surface area contributed by atoms with E-state index >= 15 is 0 Å². The zero-order valence-corrected chi connectivity index (χ0v) is 6.75. The molecule has 0 radical (unpaired) electrons. The van der Waals surface area contributed by atoms with Crippen LogP contribution in [-0.4, -0.2) is 4.92 Å². The Morgan fingerprint density at radius 3 is 2.92 bits per heavy atom. The molecule has 0 aliphatic rings. The molecule has 1 aromatic heterocycles. The zero-order valence-electron chi connectivity index (χ0n) is 5.93. The molecule has 0 aromatic carbocycles. The van der Waals surface area contributed by atoms with Crippen molar-refractivity contribution < 1.29 is 4.92 Å². The Balaban J connectivity index is 2.78. The maximum absolute atomic E-state index is 9.91. The molecule has 0 N–H and O–H groups in total. The number of nitro groups is 1. The second-order valence-corrected chi connectivity index (χ2v) is 3.03. The van der Waals surface area contributed by atoms with Gasteiger partial charge in [-0.15, -0.1) is 11.3 Å². The average molecular weight is 180 g/mol. The number of nitrogens with zero attached hydrogens (tertiary/aromatic N) is 2. The molecule has 0 amide bonds. The lowest BCUT2D eigenvalue weighted by molar-refractivity contribution is -0.400. The van der Waals surface area contributed by atoms with Crippen LogP contribution >= 0.6 is 11.3 Å². The van der Waals surface area contributed by atoms with Crippen LogP contribution in [0, 0.1) is 21.4 Å². The molecule has 5 heteroatoms. The normalized spacial score (nSPS) is 9.92. The van der Waals surface area contributed by atoms with Gasteiger partial charge in [0.2, 0.25) is 6.20 Å². The highest BCUT2D eigenvalue weighted by Gasteiger charge is 1.96. The van der Waals surface area contributed by atoms with Crippen molar-refractivity contribution in [1.29, 1.82) is 5.26 Å². The smallest absolute Gasteiger partial charge is 0.235 e. The van der Waals surface area contributed by atoms with E-state index in [0.29, 0.717) is 9.75 Å². The van der Waals surface area contributed by atoms with Gasteiger partial charge >= 0.3 is 0 Å². The number of hydrogen-bond donors (Lipinski definition) is 0. The molecule has 0 aliphatic heterocycles. The quantitative estimate of drug-likeness (QED) is 0.515. The summed E-state index contributed by atoms with van der Waals surface area (Å²) >= 11 is 1.22. The first-order chi connectivity index (χ1) is 5.72. The highest BCUT2D eigenvalue weighted by molar-refractivity contribution is 7.13. The molecular formula is C7H4N2O2S. The van der Waals surface area contributed by atoms with Crippen molar-refractivity contribution in [3.63, 3.8) is 0 Å². The largest absolute Gasteiger partial charge is 0.259 e. The first-order valence-corrected chi connectivity index (χ1v) is 3.85. The lowest BCUT2D eigenvalue weighted by Gasteiger charge is -1.78. The third-order valence-electron chi connectivity index (χ3n) is 1.10. The SMILES string of the molecule is N#Cc1ccc(/C=C/[N+](=O)[O-])s1. The minimum atomic E-state index is -0.536. The molecule has 0 fully saturated rings. The number of rotatable bonds is 2. The van der Waals surface area contributed by atoms with Crippen LogP contribution in [0.5, 0.6) is 0 Å². The van der Waals surface area contributed by atoms with Crippen LogP contribution in [0.25, 0.3) is 6.08 Å². The van der Waals surface area contributed by atoms with E-state index in [1.165, 1.54) is 17.4 Å². The second kappa shape index (κ2) is 3.64. The highest BCUT2D eigenvalue weighted by atomic mass is 32.1. The van der Waals surface area contributed by atoms with Gasteiger partial charge in [0.15, 0.2) is 0 Å². The lowest BCUT2D eigenvalue weighted by Crippen LogP contribution is -1.80. The standard InChI is InChI=1S/C7H4N2O2S/c8-5-7-2-1-6(12-7)3-4-9(10)11/h1-4H/b4-3+. The lowest BCUT2D eigenvalue weighted by atomic mass is 10.4. The number of thiophene rings is 1. The average Bonchev–Trinajstić information content (AvgIpc) is 2.48. The van der Waals surface area contributed by atoms with Crippen LogP contribution in [0.3, 0.4) is 0 Å².